The van der Waals surface area contributed by atoms with Crippen LogP contribution in [0.1, 0.15) is 32.1 Å². The normalized spacial score (nSPS) is 23.2. The molecule has 0 aromatic carbocycles. The van der Waals surface area contributed by atoms with Crippen molar-refractivity contribution >= 4 is 54.0 Å². The highest BCUT2D eigenvalue weighted by Gasteiger charge is 2.23. The van der Waals surface area contributed by atoms with Crippen molar-refractivity contribution in [2.75, 3.05) is 37.6 Å². The molecule has 0 atom stereocenters. The SMILES string of the molecule is Cl.Cl.Cl.NC1CCC(CCN2CCN(c3nccc4ccoc34)CC2)CC1. The van der Waals surface area contributed by atoms with Gasteiger partial charge in [0, 0.05) is 43.8 Å². The molecule has 27 heavy (non-hydrogen) atoms. The van der Waals surface area contributed by atoms with Crippen molar-refractivity contribution in [2.45, 2.75) is 38.1 Å². The van der Waals surface area contributed by atoms with E-state index in [4.69, 9.17) is 10.2 Å². The second kappa shape index (κ2) is 11.3. The van der Waals surface area contributed by atoms with E-state index in [0.717, 1.165) is 48.9 Å². The van der Waals surface area contributed by atoms with Gasteiger partial charge in [0.05, 0.1) is 6.26 Å². The van der Waals surface area contributed by atoms with E-state index in [-0.39, 0.29) is 37.2 Å². The molecule has 0 spiro atoms. The van der Waals surface area contributed by atoms with Crippen LogP contribution in [0, 0.1) is 5.92 Å². The van der Waals surface area contributed by atoms with Gasteiger partial charge >= 0.3 is 0 Å². The molecule has 1 aliphatic heterocycles. The summed E-state index contributed by atoms with van der Waals surface area (Å²) < 4.78 is 5.64. The molecule has 0 unspecified atom stereocenters. The Morgan fingerprint density at radius 2 is 1.70 bits per heavy atom. The minimum Gasteiger partial charge on any atom is -0.460 e. The van der Waals surface area contributed by atoms with Gasteiger partial charge in [-0.25, -0.2) is 4.98 Å². The smallest absolute Gasteiger partial charge is 0.176 e. The van der Waals surface area contributed by atoms with E-state index in [9.17, 15) is 0 Å². The van der Waals surface area contributed by atoms with Crippen LogP contribution in [0.4, 0.5) is 5.82 Å². The number of nitrogens with two attached hydrogens (primary N) is 1. The Kier molecular flexibility index (Phi) is 10.2. The Morgan fingerprint density at radius 3 is 2.41 bits per heavy atom. The molecule has 2 aliphatic rings. The number of fused-ring (bicyclic) bond motifs is 1. The van der Waals surface area contributed by atoms with Crippen LogP contribution in [0.3, 0.4) is 0 Å². The Bertz CT molecular complexity index is 668. The van der Waals surface area contributed by atoms with Crippen LogP contribution in [-0.4, -0.2) is 48.6 Å². The lowest BCUT2D eigenvalue weighted by Gasteiger charge is -2.36. The lowest BCUT2D eigenvalue weighted by atomic mass is 9.84. The summed E-state index contributed by atoms with van der Waals surface area (Å²) in [5, 5.41) is 1.14. The summed E-state index contributed by atoms with van der Waals surface area (Å²) in [4.78, 5) is 9.52. The number of nitrogens with zero attached hydrogens (tertiary/aromatic N) is 3. The third-order valence-electron chi connectivity index (χ3n) is 5.77. The average molecular weight is 438 g/mol. The molecule has 1 saturated carbocycles. The van der Waals surface area contributed by atoms with Gasteiger partial charge < -0.3 is 15.1 Å². The van der Waals surface area contributed by atoms with E-state index in [1.165, 1.54) is 38.6 Å². The Morgan fingerprint density at radius 1 is 1.00 bits per heavy atom. The standard InChI is InChI=1S/C19H28N4O.3ClH/c20-17-3-1-15(2-4-17)6-9-22-10-12-23(13-11-22)19-18-16(5-8-21-19)7-14-24-18;;;/h5,7-8,14-15,17H,1-4,6,9-13,20H2;3*1H. The number of halogens is 3. The maximum atomic E-state index is 6.01. The molecule has 1 aliphatic carbocycles. The molecule has 1 saturated heterocycles. The highest BCUT2D eigenvalue weighted by atomic mass is 35.5. The first kappa shape index (κ1) is 24.3. The number of piperazine rings is 1. The largest absolute Gasteiger partial charge is 0.460 e. The predicted octanol–water partition coefficient (Wildman–Crippen LogP) is 4.12. The molecule has 0 bridgehead atoms. The van der Waals surface area contributed by atoms with Crippen LogP contribution in [0.5, 0.6) is 0 Å². The van der Waals surface area contributed by atoms with Crippen molar-refractivity contribution in [1.29, 1.82) is 0 Å². The van der Waals surface area contributed by atoms with Crippen LogP contribution in [-0.2, 0) is 0 Å². The van der Waals surface area contributed by atoms with Gasteiger partial charge in [-0.2, -0.15) is 0 Å². The van der Waals surface area contributed by atoms with Gasteiger partial charge in [-0.1, -0.05) is 0 Å². The molecule has 2 fully saturated rings. The molecular formula is C19H31Cl3N4O. The van der Waals surface area contributed by atoms with E-state index in [1.807, 2.05) is 18.3 Å². The molecule has 0 amide bonds. The summed E-state index contributed by atoms with van der Waals surface area (Å²) >= 11 is 0. The summed E-state index contributed by atoms with van der Waals surface area (Å²) in [5.74, 6) is 1.89. The van der Waals surface area contributed by atoms with E-state index in [2.05, 4.69) is 14.8 Å². The van der Waals surface area contributed by atoms with Crippen LogP contribution < -0.4 is 10.6 Å². The average Bonchev–Trinajstić information content (AvgIpc) is 3.10. The van der Waals surface area contributed by atoms with Crippen LogP contribution in [0.15, 0.2) is 29.0 Å². The van der Waals surface area contributed by atoms with E-state index >= 15 is 0 Å². The number of pyridine rings is 1. The summed E-state index contributed by atoms with van der Waals surface area (Å²) in [6.07, 6.45) is 10.1. The van der Waals surface area contributed by atoms with Crippen LogP contribution in [0.25, 0.3) is 11.0 Å². The predicted molar refractivity (Wildman–Crippen MR) is 119 cm³/mol. The zero-order valence-corrected chi connectivity index (χ0v) is 18.0. The number of aromatic nitrogens is 1. The first-order chi connectivity index (χ1) is 11.8. The minimum atomic E-state index is 0. The third kappa shape index (κ3) is 5.88. The summed E-state index contributed by atoms with van der Waals surface area (Å²) in [7, 11) is 0. The molecule has 8 heteroatoms. The second-order valence-corrected chi connectivity index (χ2v) is 7.37. The van der Waals surface area contributed by atoms with Crippen molar-refractivity contribution in [1.82, 2.24) is 9.88 Å². The fourth-order valence-electron chi connectivity index (χ4n) is 4.13. The van der Waals surface area contributed by atoms with Gasteiger partial charge in [0.1, 0.15) is 0 Å². The fourth-order valence-corrected chi connectivity index (χ4v) is 4.13. The number of anilines is 1. The Balaban J connectivity index is 0.00000121. The highest BCUT2D eigenvalue weighted by molar-refractivity contribution is 5.87. The number of rotatable bonds is 4. The minimum absolute atomic E-state index is 0. The van der Waals surface area contributed by atoms with E-state index in [0.29, 0.717) is 6.04 Å². The van der Waals surface area contributed by atoms with Gasteiger partial charge in [0.2, 0.25) is 0 Å². The molecule has 0 radical (unpaired) electrons. The van der Waals surface area contributed by atoms with E-state index in [1.54, 1.807) is 6.26 Å². The summed E-state index contributed by atoms with van der Waals surface area (Å²) in [6.45, 7) is 5.52. The maximum absolute atomic E-state index is 6.01. The first-order valence-electron chi connectivity index (χ1n) is 9.34. The quantitative estimate of drug-likeness (QED) is 0.779. The van der Waals surface area contributed by atoms with Crippen molar-refractivity contribution in [3.05, 3.63) is 24.6 Å². The molecule has 2 aromatic heterocycles. The molecule has 3 heterocycles. The summed E-state index contributed by atoms with van der Waals surface area (Å²) in [5.41, 5.74) is 6.93. The summed E-state index contributed by atoms with van der Waals surface area (Å²) in [6, 6.07) is 4.48. The van der Waals surface area contributed by atoms with Gasteiger partial charge in [-0.15, -0.1) is 37.2 Å². The number of hydrogen-bond acceptors (Lipinski definition) is 5. The van der Waals surface area contributed by atoms with Crippen LogP contribution >= 0.6 is 37.2 Å². The van der Waals surface area contributed by atoms with Crippen molar-refractivity contribution in [3.63, 3.8) is 0 Å². The van der Waals surface area contributed by atoms with Crippen molar-refractivity contribution < 1.29 is 4.42 Å². The van der Waals surface area contributed by atoms with Crippen LogP contribution in [0.2, 0.25) is 0 Å². The molecule has 2 aromatic rings. The van der Waals surface area contributed by atoms with Gasteiger partial charge in [-0.05, 0) is 56.7 Å². The molecular weight excluding hydrogens is 407 g/mol. The Hall–Kier alpha value is -0.720. The first-order valence-corrected chi connectivity index (χ1v) is 9.34. The maximum Gasteiger partial charge on any atom is 0.176 e. The molecule has 2 N–H and O–H groups in total. The van der Waals surface area contributed by atoms with Gasteiger partial charge in [0.25, 0.3) is 0 Å². The highest BCUT2D eigenvalue weighted by Crippen LogP contribution is 2.28. The second-order valence-electron chi connectivity index (χ2n) is 7.37. The monoisotopic (exact) mass is 436 g/mol. The fraction of sp³-hybridized carbons (Fsp3) is 0.632. The zero-order chi connectivity index (χ0) is 16.4. The number of furan rings is 1. The van der Waals surface area contributed by atoms with Gasteiger partial charge in [-0.3, -0.25) is 4.90 Å². The third-order valence-corrected chi connectivity index (χ3v) is 5.77. The van der Waals surface area contributed by atoms with Gasteiger partial charge in [0.15, 0.2) is 11.4 Å². The topological polar surface area (TPSA) is 58.5 Å². The molecule has 154 valence electrons. The Labute approximate surface area is 180 Å². The molecule has 4 rings (SSSR count). The number of hydrogen-bond donors (Lipinski definition) is 1. The zero-order valence-electron chi connectivity index (χ0n) is 15.6. The lowest BCUT2D eigenvalue weighted by Crippen LogP contribution is -2.47. The molecule has 5 nitrogen and oxygen atoms in total. The van der Waals surface area contributed by atoms with Crippen molar-refractivity contribution in [3.8, 4) is 0 Å². The van der Waals surface area contributed by atoms with E-state index < -0.39 is 0 Å². The van der Waals surface area contributed by atoms with Crippen molar-refractivity contribution in [2.24, 2.45) is 11.7 Å². The lowest BCUT2D eigenvalue weighted by molar-refractivity contribution is 0.216.